The van der Waals surface area contributed by atoms with Crippen LogP contribution in [0.2, 0.25) is 0 Å². The lowest BCUT2D eigenvalue weighted by molar-refractivity contribution is 0.470. The van der Waals surface area contributed by atoms with Crippen molar-refractivity contribution in [2.45, 2.75) is 16.3 Å². The lowest BCUT2D eigenvalue weighted by atomic mass is 10.1. The number of phenols is 1. The van der Waals surface area contributed by atoms with Crippen molar-refractivity contribution in [3.8, 4) is 5.75 Å². The van der Waals surface area contributed by atoms with Crippen molar-refractivity contribution in [2.24, 2.45) is 0 Å². The highest BCUT2D eigenvalue weighted by molar-refractivity contribution is 7.86. The van der Waals surface area contributed by atoms with E-state index < -0.39 is 35.8 Å². The summed E-state index contributed by atoms with van der Waals surface area (Å²) in [4.78, 5) is -1.29. The third kappa shape index (κ3) is 4.03. The largest absolute Gasteiger partial charge is 0.507 e. The van der Waals surface area contributed by atoms with E-state index in [9.17, 15) is 31.0 Å². The van der Waals surface area contributed by atoms with Crippen LogP contribution in [0.25, 0.3) is 10.8 Å². The van der Waals surface area contributed by atoms with Crippen molar-refractivity contribution < 1.29 is 31.0 Å². The highest BCUT2D eigenvalue weighted by Gasteiger charge is 2.22. The zero-order valence-corrected chi connectivity index (χ0v) is 15.3. The summed E-state index contributed by atoms with van der Waals surface area (Å²) in [6, 6.07) is 13.4. The first-order valence-corrected chi connectivity index (χ1v) is 10.5. The van der Waals surface area contributed by atoms with Gasteiger partial charge in [0.1, 0.15) is 10.6 Å². The van der Waals surface area contributed by atoms with Gasteiger partial charge in [-0.25, -0.2) is 0 Å². The van der Waals surface area contributed by atoms with E-state index in [0.29, 0.717) is 12.2 Å². The Bertz CT molecular complexity index is 1220. The Hall–Kier alpha value is -2.66. The normalized spacial score (nSPS) is 12.2. The number of hydrogen-bond donors (Lipinski definition) is 4. The SMILES string of the molecule is O=S(=O)(O)c1cc(O)c2c(NCc3ccccc3)ccc(S(=O)(=O)O)c2c1. The lowest BCUT2D eigenvalue weighted by Crippen LogP contribution is -2.05. The third-order valence-electron chi connectivity index (χ3n) is 3.93. The summed E-state index contributed by atoms with van der Waals surface area (Å²) in [5, 5.41) is 13.1. The summed E-state index contributed by atoms with van der Waals surface area (Å²) in [5.41, 5.74) is 1.24. The van der Waals surface area contributed by atoms with Crippen LogP contribution < -0.4 is 5.32 Å². The Balaban J connectivity index is 2.22. The fourth-order valence-electron chi connectivity index (χ4n) is 2.72. The molecule has 0 heterocycles. The van der Waals surface area contributed by atoms with Gasteiger partial charge in [-0.05, 0) is 23.8 Å². The first-order chi connectivity index (χ1) is 12.6. The first-order valence-electron chi connectivity index (χ1n) is 7.60. The minimum atomic E-state index is -4.71. The van der Waals surface area contributed by atoms with E-state index >= 15 is 0 Å². The van der Waals surface area contributed by atoms with Crippen LogP contribution in [0.5, 0.6) is 5.75 Å². The van der Waals surface area contributed by atoms with Crippen molar-refractivity contribution in [1.29, 1.82) is 0 Å². The van der Waals surface area contributed by atoms with Gasteiger partial charge in [-0.3, -0.25) is 9.11 Å². The van der Waals surface area contributed by atoms with Gasteiger partial charge in [-0.2, -0.15) is 16.8 Å². The van der Waals surface area contributed by atoms with Gasteiger partial charge in [0.15, 0.2) is 0 Å². The van der Waals surface area contributed by atoms with Gasteiger partial charge in [0, 0.05) is 29.1 Å². The molecule has 0 atom stereocenters. The maximum atomic E-state index is 11.7. The maximum absolute atomic E-state index is 11.7. The molecule has 0 saturated carbocycles. The smallest absolute Gasteiger partial charge is 0.295 e. The van der Waals surface area contributed by atoms with Crippen LogP contribution in [0.3, 0.4) is 0 Å². The number of nitrogens with one attached hydrogen (secondary N) is 1. The summed E-state index contributed by atoms with van der Waals surface area (Å²) in [6.07, 6.45) is 0. The van der Waals surface area contributed by atoms with Gasteiger partial charge < -0.3 is 10.4 Å². The summed E-state index contributed by atoms with van der Waals surface area (Å²) in [7, 11) is -9.41. The summed E-state index contributed by atoms with van der Waals surface area (Å²) in [5.74, 6) is -0.568. The topological polar surface area (TPSA) is 141 Å². The molecule has 0 amide bonds. The van der Waals surface area contributed by atoms with Gasteiger partial charge in [0.25, 0.3) is 20.2 Å². The Morgan fingerprint density at radius 2 is 1.52 bits per heavy atom. The zero-order chi connectivity index (χ0) is 19.8. The molecule has 0 bridgehead atoms. The van der Waals surface area contributed by atoms with Crippen molar-refractivity contribution in [3.05, 3.63) is 60.2 Å². The van der Waals surface area contributed by atoms with Gasteiger partial charge in [-0.1, -0.05) is 30.3 Å². The second-order valence-electron chi connectivity index (χ2n) is 5.77. The highest BCUT2D eigenvalue weighted by atomic mass is 32.2. The van der Waals surface area contributed by atoms with Crippen LogP contribution in [0.1, 0.15) is 5.56 Å². The zero-order valence-electron chi connectivity index (χ0n) is 13.7. The quantitative estimate of drug-likeness (QED) is 0.471. The van der Waals surface area contributed by atoms with Gasteiger partial charge in [-0.15, -0.1) is 0 Å². The Labute approximate surface area is 155 Å². The monoisotopic (exact) mass is 409 g/mol. The molecule has 4 N–H and O–H groups in total. The summed E-state index contributed by atoms with van der Waals surface area (Å²) >= 11 is 0. The molecule has 27 heavy (non-hydrogen) atoms. The third-order valence-corrected chi connectivity index (χ3v) is 5.67. The number of rotatable bonds is 5. The fraction of sp³-hybridized carbons (Fsp3) is 0.0588. The van der Waals surface area contributed by atoms with E-state index in [1.165, 1.54) is 6.07 Å². The van der Waals surface area contributed by atoms with E-state index in [2.05, 4.69) is 5.32 Å². The molecule has 3 aromatic carbocycles. The number of phenolic OH excluding ortho intramolecular Hbond substituents is 1. The molecule has 0 unspecified atom stereocenters. The molecule has 0 aliphatic carbocycles. The number of fused-ring (bicyclic) bond motifs is 1. The molecule has 3 rings (SSSR count). The molecule has 0 fully saturated rings. The summed E-state index contributed by atoms with van der Waals surface area (Å²) in [6.45, 7) is 0.348. The van der Waals surface area contributed by atoms with Crippen LogP contribution in [-0.2, 0) is 26.8 Å². The van der Waals surface area contributed by atoms with Crippen molar-refractivity contribution in [2.75, 3.05) is 5.32 Å². The predicted octanol–water partition coefficient (Wildman–Crippen LogP) is 2.65. The number of anilines is 1. The van der Waals surface area contributed by atoms with Crippen LogP contribution >= 0.6 is 0 Å². The van der Waals surface area contributed by atoms with Crippen LogP contribution in [-0.4, -0.2) is 31.0 Å². The average Bonchev–Trinajstić information content (AvgIpc) is 2.58. The second-order valence-corrected chi connectivity index (χ2v) is 8.58. The van der Waals surface area contributed by atoms with E-state index in [1.54, 1.807) is 0 Å². The minimum Gasteiger partial charge on any atom is -0.507 e. The fourth-order valence-corrected chi connectivity index (χ4v) is 3.93. The van der Waals surface area contributed by atoms with E-state index in [1.807, 2.05) is 30.3 Å². The molecule has 10 heteroatoms. The van der Waals surface area contributed by atoms with E-state index in [0.717, 1.165) is 23.8 Å². The number of hydrogen-bond acceptors (Lipinski definition) is 6. The Kier molecular flexibility index (Phi) is 4.82. The second kappa shape index (κ2) is 6.82. The van der Waals surface area contributed by atoms with Crippen molar-refractivity contribution in [3.63, 3.8) is 0 Å². The van der Waals surface area contributed by atoms with Gasteiger partial charge >= 0.3 is 0 Å². The van der Waals surface area contributed by atoms with Crippen molar-refractivity contribution in [1.82, 2.24) is 0 Å². The molecule has 8 nitrogen and oxygen atoms in total. The first kappa shape index (κ1) is 19.1. The molecule has 0 aromatic heterocycles. The van der Waals surface area contributed by atoms with Gasteiger partial charge in [0.05, 0.1) is 4.90 Å². The molecule has 0 saturated heterocycles. The van der Waals surface area contributed by atoms with Gasteiger partial charge in [0.2, 0.25) is 0 Å². The van der Waals surface area contributed by atoms with Crippen molar-refractivity contribution >= 4 is 36.7 Å². The molecule has 3 aromatic rings. The molecule has 0 aliphatic heterocycles. The molecule has 0 radical (unpaired) electrons. The van der Waals surface area contributed by atoms with Crippen LogP contribution in [0.4, 0.5) is 5.69 Å². The maximum Gasteiger partial charge on any atom is 0.295 e. The number of benzene rings is 3. The van der Waals surface area contributed by atoms with Crippen LogP contribution in [0, 0.1) is 0 Å². The average molecular weight is 409 g/mol. The molecular formula is C17H15NO7S2. The molecule has 0 spiro atoms. The Morgan fingerprint density at radius 1 is 0.852 bits per heavy atom. The molecular weight excluding hydrogens is 394 g/mol. The minimum absolute atomic E-state index is 0.00606. The lowest BCUT2D eigenvalue weighted by Gasteiger charge is -2.14. The van der Waals surface area contributed by atoms with E-state index in [-0.39, 0.29) is 10.8 Å². The van der Waals surface area contributed by atoms with E-state index in [4.69, 9.17) is 0 Å². The molecule has 0 aliphatic rings. The summed E-state index contributed by atoms with van der Waals surface area (Å²) < 4.78 is 64.8. The number of aromatic hydroxyl groups is 1. The Morgan fingerprint density at radius 3 is 2.11 bits per heavy atom. The molecule has 142 valence electrons. The van der Waals surface area contributed by atoms with Crippen LogP contribution in [0.15, 0.2) is 64.4 Å². The highest BCUT2D eigenvalue weighted by Crippen LogP contribution is 2.38. The predicted molar refractivity (Wildman–Crippen MR) is 99.0 cm³/mol. The standard InChI is InChI=1S/C17H15NO7S2/c19-15-9-12(26(20,21)22)8-13-16(27(23,24)25)7-6-14(17(13)15)18-10-11-4-2-1-3-5-11/h1-9,18-19H,10H2,(H,20,21,22)(H,23,24,25).